The summed E-state index contributed by atoms with van der Waals surface area (Å²) in [4.78, 5) is 23.2. The minimum Gasteiger partial charge on any atom is -0.480 e. The number of carboxylic acids is 1. The number of benzene rings is 1. The zero-order valence-electron chi connectivity index (χ0n) is 11.1. The lowest BCUT2D eigenvalue weighted by molar-refractivity contribution is -0.140. The normalized spacial score (nSPS) is 16.5. The van der Waals surface area contributed by atoms with Gasteiger partial charge in [0.25, 0.3) is 5.91 Å². The van der Waals surface area contributed by atoms with Crippen molar-refractivity contribution >= 4 is 21.7 Å². The van der Waals surface area contributed by atoms with E-state index in [2.05, 4.69) is 5.32 Å². The second-order valence-electron chi connectivity index (χ2n) is 5.09. The number of amides is 1. The second-order valence-corrected chi connectivity index (χ2v) is 7.11. The van der Waals surface area contributed by atoms with Gasteiger partial charge in [0.1, 0.15) is 5.54 Å². The molecule has 108 valence electrons. The Kier molecular flexibility index (Phi) is 3.33. The minimum atomic E-state index is -3.42. The van der Waals surface area contributed by atoms with Crippen molar-refractivity contribution in [1.29, 1.82) is 0 Å². The highest BCUT2D eigenvalue weighted by atomic mass is 32.2. The molecule has 0 saturated heterocycles. The third kappa shape index (κ3) is 2.67. The van der Waals surface area contributed by atoms with Crippen molar-refractivity contribution in [3.05, 3.63) is 29.3 Å². The third-order valence-electron chi connectivity index (χ3n) is 3.39. The van der Waals surface area contributed by atoms with E-state index in [1.807, 2.05) is 0 Å². The van der Waals surface area contributed by atoms with Crippen LogP contribution in [0, 0.1) is 6.92 Å². The first kappa shape index (κ1) is 14.5. The summed E-state index contributed by atoms with van der Waals surface area (Å²) in [7, 11) is -3.42. The van der Waals surface area contributed by atoms with E-state index in [0.717, 1.165) is 6.26 Å². The monoisotopic (exact) mass is 297 g/mol. The number of hydrogen-bond acceptors (Lipinski definition) is 4. The van der Waals surface area contributed by atoms with E-state index in [1.165, 1.54) is 18.2 Å². The number of carboxylic acid groups (broad SMARTS) is 1. The van der Waals surface area contributed by atoms with Crippen LogP contribution < -0.4 is 5.32 Å². The van der Waals surface area contributed by atoms with Gasteiger partial charge in [0.2, 0.25) is 0 Å². The van der Waals surface area contributed by atoms with Gasteiger partial charge in [-0.05, 0) is 37.5 Å². The fraction of sp³-hybridized carbons (Fsp3) is 0.385. The van der Waals surface area contributed by atoms with Crippen molar-refractivity contribution < 1.29 is 23.1 Å². The molecule has 1 aromatic rings. The van der Waals surface area contributed by atoms with Gasteiger partial charge in [-0.25, -0.2) is 13.2 Å². The number of rotatable bonds is 4. The lowest BCUT2D eigenvalue weighted by Gasteiger charge is -2.14. The molecule has 0 aliphatic heterocycles. The van der Waals surface area contributed by atoms with Gasteiger partial charge >= 0.3 is 5.97 Å². The molecule has 0 atom stereocenters. The molecule has 2 rings (SSSR count). The van der Waals surface area contributed by atoms with Gasteiger partial charge in [-0.3, -0.25) is 4.79 Å². The Hall–Kier alpha value is -1.89. The van der Waals surface area contributed by atoms with Crippen molar-refractivity contribution in [2.45, 2.75) is 30.2 Å². The summed E-state index contributed by atoms with van der Waals surface area (Å²) in [6, 6.07) is 4.23. The highest BCUT2D eigenvalue weighted by Gasteiger charge is 2.51. The summed E-state index contributed by atoms with van der Waals surface area (Å²) in [5.41, 5.74) is -0.415. The molecule has 0 unspecified atom stereocenters. The molecule has 0 radical (unpaired) electrons. The first-order chi connectivity index (χ1) is 9.16. The summed E-state index contributed by atoms with van der Waals surface area (Å²) in [5, 5.41) is 11.5. The Morgan fingerprint density at radius 2 is 1.90 bits per heavy atom. The van der Waals surface area contributed by atoms with Gasteiger partial charge in [-0.1, -0.05) is 6.07 Å². The molecule has 1 fully saturated rings. The van der Waals surface area contributed by atoms with Gasteiger partial charge in [-0.2, -0.15) is 0 Å². The molecule has 2 N–H and O–H groups in total. The lowest BCUT2D eigenvalue weighted by Crippen LogP contribution is -2.43. The van der Waals surface area contributed by atoms with Crippen LogP contribution in [0.3, 0.4) is 0 Å². The fourth-order valence-electron chi connectivity index (χ4n) is 1.88. The van der Waals surface area contributed by atoms with E-state index in [4.69, 9.17) is 5.11 Å². The zero-order valence-corrected chi connectivity index (χ0v) is 12.0. The van der Waals surface area contributed by atoms with Crippen molar-refractivity contribution in [3.63, 3.8) is 0 Å². The van der Waals surface area contributed by atoms with Crippen LogP contribution in [-0.4, -0.2) is 37.2 Å². The van der Waals surface area contributed by atoms with Crippen LogP contribution in [-0.2, 0) is 14.6 Å². The second kappa shape index (κ2) is 4.59. The Bertz CT molecular complexity index is 689. The average Bonchev–Trinajstić information content (AvgIpc) is 3.08. The van der Waals surface area contributed by atoms with Crippen LogP contribution in [0.5, 0.6) is 0 Å². The first-order valence-electron chi connectivity index (χ1n) is 6.02. The maximum absolute atomic E-state index is 12.1. The highest BCUT2D eigenvalue weighted by Crippen LogP contribution is 2.36. The number of aliphatic carboxylic acids is 1. The molecule has 6 nitrogen and oxygen atoms in total. The molecule has 1 amide bonds. The number of nitrogens with one attached hydrogen (secondary N) is 1. The standard InChI is InChI=1S/C13H15NO5S/c1-8-3-4-9(20(2,18)19)7-10(8)11(15)14-13(5-6-13)12(16)17/h3-4,7H,5-6H2,1-2H3,(H,14,15)(H,16,17). The SMILES string of the molecule is Cc1ccc(S(C)(=O)=O)cc1C(=O)NC1(C(=O)O)CC1. The Labute approximate surface area is 116 Å². The summed E-state index contributed by atoms with van der Waals surface area (Å²) in [6.45, 7) is 1.67. The molecular formula is C13H15NO5S. The number of hydrogen-bond donors (Lipinski definition) is 2. The van der Waals surface area contributed by atoms with E-state index >= 15 is 0 Å². The molecular weight excluding hydrogens is 282 g/mol. The molecule has 1 aromatic carbocycles. The van der Waals surface area contributed by atoms with Gasteiger partial charge in [0.05, 0.1) is 4.90 Å². The molecule has 1 aliphatic rings. The molecule has 0 spiro atoms. The molecule has 0 bridgehead atoms. The number of sulfone groups is 1. The molecule has 20 heavy (non-hydrogen) atoms. The summed E-state index contributed by atoms with van der Waals surface area (Å²) in [6.07, 6.45) is 1.83. The topological polar surface area (TPSA) is 101 Å². The van der Waals surface area contributed by atoms with Crippen LogP contribution in [0.1, 0.15) is 28.8 Å². The van der Waals surface area contributed by atoms with E-state index in [0.29, 0.717) is 18.4 Å². The Morgan fingerprint density at radius 1 is 1.30 bits per heavy atom. The lowest BCUT2D eigenvalue weighted by atomic mass is 10.1. The predicted octanol–water partition coefficient (Wildman–Crippen LogP) is 0.746. The predicted molar refractivity (Wildman–Crippen MR) is 71.4 cm³/mol. The Balaban J connectivity index is 2.33. The van der Waals surface area contributed by atoms with E-state index in [1.54, 1.807) is 6.92 Å². The number of aryl methyl sites for hydroxylation is 1. The molecule has 0 heterocycles. The van der Waals surface area contributed by atoms with Gasteiger partial charge in [-0.15, -0.1) is 0 Å². The smallest absolute Gasteiger partial charge is 0.329 e. The first-order valence-corrected chi connectivity index (χ1v) is 7.91. The van der Waals surface area contributed by atoms with Crippen molar-refractivity contribution in [3.8, 4) is 0 Å². The van der Waals surface area contributed by atoms with Gasteiger partial charge in [0.15, 0.2) is 9.84 Å². The van der Waals surface area contributed by atoms with Gasteiger partial charge in [0, 0.05) is 11.8 Å². The van der Waals surface area contributed by atoms with Crippen LogP contribution in [0.25, 0.3) is 0 Å². The van der Waals surface area contributed by atoms with Crippen molar-refractivity contribution in [2.75, 3.05) is 6.26 Å². The van der Waals surface area contributed by atoms with Gasteiger partial charge < -0.3 is 10.4 Å². The minimum absolute atomic E-state index is 0.0356. The molecule has 1 saturated carbocycles. The Morgan fingerprint density at radius 3 is 2.35 bits per heavy atom. The highest BCUT2D eigenvalue weighted by molar-refractivity contribution is 7.90. The molecule has 1 aliphatic carbocycles. The largest absolute Gasteiger partial charge is 0.480 e. The zero-order chi connectivity index (χ0) is 15.1. The van der Waals surface area contributed by atoms with E-state index < -0.39 is 27.3 Å². The average molecular weight is 297 g/mol. The van der Waals surface area contributed by atoms with Crippen LogP contribution >= 0.6 is 0 Å². The van der Waals surface area contributed by atoms with E-state index in [-0.39, 0.29) is 10.5 Å². The number of carbonyl (C=O) groups is 2. The van der Waals surface area contributed by atoms with Crippen molar-refractivity contribution in [2.24, 2.45) is 0 Å². The van der Waals surface area contributed by atoms with Crippen LogP contribution in [0.4, 0.5) is 0 Å². The van der Waals surface area contributed by atoms with Crippen LogP contribution in [0.2, 0.25) is 0 Å². The number of carbonyl (C=O) groups excluding carboxylic acids is 1. The quantitative estimate of drug-likeness (QED) is 0.854. The van der Waals surface area contributed by atoms with Crippen LogP contribution in [0.15, 0.2) is 23.1 Å². The maximum atomic E-state index is 12.1. The van der Waals surface area contributed by atoms with Crippen molar-refractivity contribution in [1.82, 2.24) is 5.32 Å². The molecule has 0 aromatic heterocycles. The van der Waals surface area contributed by atoms with E-state index in [9.17, 15) is 18.0 Å². The maximum Gasteiger partial charge on any atom is 0.329 e. The molecule has 7 heteroatoms. The summed E-state index contributed by atoms with van der Waals surface area (Å²) >= 11 is 0. The summed E-state index contributed by atoms with van der Waals surface area (Å²) in [5.74, 6) is -1.63. The summed E-state index contributed by atoms with van der Waals surface area (Å²) < 4.78 is 23.0. The fourth-order valence-corrected chi connectivity index (χ4v) is 2.53. The third-order valence-corrected chi connectivity index (χ3v) is 4.50.